The number of nitrogens with one attached hydrogen (secondary N) is 6. The highest BCUT2D eigenvalue weighted by Crippen LogP contribution is 2.64. The topological polar surface area (TPSA) is 299 Å². The van der Waals surface area contributed by atoms with Gasteiger partial charge in [0.15, 0.2) is 23.1 Å². The lowest BCUT2D eigenvalue weighted by Crippen LogP contribution is -2.62. The van der Waals surface area contributed by atoms with E-state index in [0.717, 1.165) is 294 Å². The van der Waals surface area contributed by atoms with Crippen molar-refractivity contribution in [3.05, 3.63) is 175 Å². The standard InChI is InChI=1S/2C20H24N2O2.2C20H24N2O.2C20H22N2O/c1-12(23)16-10-21-17-4-2-3-15(17)18(16)22-19-6-13-5-14(7-19)9-20(24,8-13)11-19;1-11(23)16-10-21-17-4-2-3-15(17)18(16)22-20-7-12-5-13(8-20)19(24)14(6-12)9-20;1-12(23)17-11-21-18-4-2-3-16(18)19(17)22-20-8-13-5-14(9-20)7-15(6-13)10-20;1-11(23)17-10-21-18-4-2-3-16(18)20(17)22-19-14-6-12-5-13(8-14)9-15(19)7-12;2*1-2-13-11-21-17-5-3-4-16(17)19(13)22-18-14-6-12-7-15(18)10-20(23,8-12)9-14/h2-3,10,13-14,24H,4-9,11H2,1H3,(H,21,22);2-3,10,12-14,19,24H,4-9H2,1H3,(H,21,22);2-3,11,13-15H,4-10H2,1H3,(H,21,22);2-3,10,12-15,19H,4-9H2,1H3,(H,21,22);2*1,3-4,11-12,14-15,18,23H,5-10H2,(H,21,22)/t13-,14?,19?,20?;12?,13-,14+,19?,20?;;;;/m1...../s1. The van der Waals surface area contributed by atoms with Gasteiger partial charge in [0.05, 0.1) is 125 Å². The van der Waals surface area contributed by atoms with Crippen LogP contribution in [0.25, 0.3) is 36.5 Å². The molecule has 728 valence electrons. The van der Waals surface area contributed by atoms with Gasteiger partial charge in [-0.15, -0.1) is 12.8 Å². The van der Waals surface area contributed by atoms with Gasteiger partial charge in [-0.1, -0.05) is 84.8 Å². The zero-order valence-corrected chi connectivity index (χ0v) is 82.2. The Kier molecular flexibility index (Phi) is 22.6. The zero-order valence-electron chi connectivity index (χ0n) is 82.2. The average Bonchev–Trinajstić information content (AvgIpc) is 1.02. The van der Waals surface area contributed by atoms with Crippen LogP contribution in [-0.4, -0.2) is 131 Å². The molecule has 0 amide bonds. The van der Waals surface area contributed by atoms with Crippen LogP contribution < -0.4 is 31.9 Å². The number of anilines is 6. The van der Waals surface area contributed by atoms with Crippen LogP contribution in [0.4, 0.5) is 34.1 Å². The number of pyridine rings is 6. The van der Waals surface area contributed by atoms with E-state index in [-0.39, 0.29) is 57.1 Å². The monoisotopic (exact) mass is 1880 g/mol. The summed E-state index contributed by atoms with van der Waals surface area (Å²) in [6.07, 6.45) is 90.8. The van der Waals surface area contributed by atoms with Crippen LogP contribution in [0.5, 0.6) is 0 Å². The van der Waals surface area contributed by atoms with E-state index in [4.69, 9.17) is 12.8 Å². The molecule has 6 aromatic heterocycles. The first kappa shape index (κ1) is 91.0. The molecule has 6 heterocycles. The molecule has 36 rings (SSSR count). The smallest absolute Gasteiger partial charge is 0.163 e. The quantitative estimate of drug-likeness (QED) is 0.0318. The Balaban J connectivity index is 0.0000000887. The number of carbonyl (C=O) groups is 4. The Hall–Kier alpha value is -10.2. The minimum Gasteiger partial charge on any atom is -0.393 e. The van der Waals surface area contributed by atoms with Gasteiger partial charge in [0.1, 0.15) is 0 Å². The van der Waals surface area contributed by atoms with Crippen LogP contribution in [0.15, 0.2) is 73.6 Å². The second-order valence-electron chi connectivity index (χ2n) is 49.7. The maximum atomic E-state index is 12.2. The molecule has 0 aromatic carbocycles. The summed E-state index contributed by atoms with van der Waals surface area (Å²) in [5.41, 5.74) is 23.3. The fraction of sp³-hybridized carbons (Fsp3) is 0.583. The number of ketones is 4. The molecule has 0 spiro atoms. The summed E-state index contributed by atoms with van der Waals surface area (Å²) in [5, 5.41) is 66.1. The molecular formula is C120H140N12O8. The lowest BCUT2D eigenvalue weighted by atomic mass is 9.51. The molecular weight excluding hydrogens is 1740 g/mol. The lowest BCUT2D eigenvalue weighted by Gasteiger charge is -2.60. The molecule has 20 nitrogen and oxygen atoms in total. The van der Waals surface area contributed by atoms with E-state index in [0.29, 0.717) is 76.6 Å². The van der Waals surface area contributed by atoms with Crippen molar-refractivity contribution >= 4 is 93.7 Å². The van der Waals surface area contributed by atoms with Crippen molar-refractivity contribution in [3.8, 4) is 24.7 Å². The van der Waals surface area contributed by atoms with Crippen molar-refractivity contribution in [1.29, 1.82) is 0 Å². The number of rotatable bonds is 16. The molecule has 24 saturated carbocycles. The Labute approximate surface area is 825 Å². The SMILES string of the molecule is C#Cc1cnc2c(c1NC1C3CC4CC1CC(O)(C4)C3)C=CC2.C#Cc1cnc2c(c1NC1C3CC4CC1CC(O)(C4)C3)C=CC2.CC(=O)c1cnc2c(c1NC13CC4CC(CC(C4)C1)C3)C=CC2.CC(=O)c1cnc2c(c1NC13CC4C[C@@H](CC(O)(C4)C1)C3)C=CC2.CC(=O)c1cnc2c(c1NC13CC4C[C@H](C1)C(O)[C@@H](C4)C3)C=CC2.CC(=O)c1cnc2c(c1NC1C3CC4CC(C3)CC1C4)C=CC2. The van der Waals surface area contributed by atoms with Gasteiger partial charge in [-0.25, -0.2) is 0 Å². The fourth-order valence-corrected chi connectivity index (χ4v) is 36.0. The van der Waals surface area contributed by atoms with Gasteiger partial charge >= 0.3 is 0 Å². The molecule has 0 saturated heterocycles. The van der Waals surface area contributed by atoms with E-state index < -0.39 is 5.60 Å². The van der Waals surface area contributed by atoms with Gasteiger partial charge < -0.3 is 52.3 Å². The molecule has 140 heavy (non-hydrogen) atoms. The predicted octanol–water partition coefficient (Wildman–Crippen LogP) is 20.8. The number of Topliss-reactive ketones (excluding diaryl/α,β-unsaturated/α-hetero) is 4. The van der Waals surface area contributed by atoms with Gasteiger partial charge in [0.25, 0.3) is 0 Å². The number of allylic oxidation sites excluding steroid dienone is 6. The number of hydrogen-bond donors (Lipinski definition) is 10. The van der Waals surface area contributed by atoms with Crippen LogP contribution in [0.3, 0.4) is 0 Å². The van der Waals surface area contributed by atoms with Gasteiger partial charge in [-0.2, -0.15) is 0 Å². The molecule has 24 fully saturated rings. The number of aromatic nitrogens is 6. The summed E-state index contributed by atoms with van der Waals surface area (Å²) in [7, 11) is 0. The third-order valence-corrected chi connectivity index (χ3v) is 39.7. The van der Waals surface area contributed by atoms with Crippen LogP contribution in [0.1, 0.15) is 353 Å². The van der Waals surface area contributed by atoms with Crippen molar-refractivity contribution in [2.75, 3.05) is 31.9 Å². The second-order valence-corrected chi connectivity index (χ2v) is 49.7. The first-order valence-electron chi connectivity index (χ1n) is 54.2. The molecule has 30 aliphatic rings. The highest BCUT2D eigenvalue weighted by atomic mass is 16.3. The van der Waals surface area contributed by atoms with E-state index in [1.54, 1.807) is 52.5 Å². The van der Waals surface area contributed by atoms with Crippen molar-refractivity contribution in [2.24, 2.45) is 107 Å². The third-order valence-electron chi connectivity index (χ3n) is 39.7. The minimum absolute atomic E-state index is 0.0471. The highest BCUT2D eigenvalue weighted by molar-refractivity contribution is 6.04. The number of nitrogens with zero attached hydrogens (tertiary/aromatic N) is 6. The summed E-state index contributed by atoms with van der Waals surface area (Å²) in [6, 6.07) is 1.44. The number of aliphatic hydroxyl groups is 4. The van der Waals surface area contributed by atoms with Crippen LogP contribution in [-0.2, 0) is 38.5 Å². The number of terminal acetylenes is 2. The van der Waals surface area contributed by atoms with E-state index in [2.05, 4.69) is 147 Å². The number of aliphatic hydroxyl groups excluding tert-OH is 1. The van der Waals surface area contributed by atoms with Gasteiger partial charge in [-0.05, 0) is 340 Å². The third kappa shape index (κ3) is 16.5. The lowest BCUT2D eigenvalue weighted by molar-refractivity contribution is -0.129. The van der Waals surface area contributed by atoms with Crippen LogP contribution in [0.2, 0.25) is 0 Å². The van der Waals surface area contributed by atoms with Gasteiger partial charge in [0, 0.05) is 144 Å². The second kappa shape index (κ2) is 34.8. The zero-order chi connectivity index (χ0) is 95.4. The Morgan fingerprint density at radius 2 is 0.550 bits per heavy atom. The maximum absolute atomic E-state index is 12.2. The number of carbonyl (C=O) groups excluding carboxylic acids is 4. The summed E-state index contributed by atoms with van der Waals surface area (Å²) >= 11 is 0. The summed E-state index contributed by atoms with van der Waals surface area (Å²) in [6.45, 7) is 6.55. The average molecular weight is 1880 g/mol. The first-order chi connectivity index (χ1) is 67.6. The van der Waals surface area contributed by atoms with Gasteiger partial charge in [0.2, 0.25) is 0 Å². The summed E-state index contributed by atoms with van der Waals surface area (Å²) < 4.78 is 0. The van der Waals surface area contributed by atoms with E-state index in [9.17, 15) is 39.6 Å². The fourth-order valence-electron chi connectivity index (χ4n) is 36.0. The number of hydrogen-bond acceptors (Lipinski definition) is 20. The van der Waals surface area contributed by atoms with E-state index >= 15 is 0 Å². The highest BCUT2D eigenvalue weighted by Gasteiger charge is 2.62. The van der Waals surface area contributed by atoms with E-state index in [1.165, 1.54) is 133 Å². The summed E-state index contributed by atoms with van der Waals surface area (Å²) in [5.74, 6) is 18.8. The van der Waals surface area contributed by atoms with Crippen molar-refractivity contribution in [2.45, 2.75) is 329 Å². The molecule has 0 radical (unpaired) electrons. The predicted molar refractivity (Wildman–Crippen MR) is 550 cm³/mol. The molecule has 30 aliphatic carbocycles. The number of fused-ring (bicyclic) bond motifs is 6. The molecule has 6 aromatic rings. The molecule has 13 atom stereocenters. The Bertz CT molecular complexity index is 6140. The van der Waals surface area contributed by atoms with Crippen molar-refractivity contribution < 1.29 is 39.6 Å². The maximum Gasteiger partial charge on any atom is 0.163 e. The van der Waals surface area contributed by atoms with Crippen LogP contribution in [0, 0.1) is 131 Å². The van der Waals surface area contributed by atoms with Crippen molar-refractivity contribution in [3.63, 3.8) is 0 Å². The van der Waals surface area contributed by atoms with Crippen LogP contribution >= 0.6 is 0 Å². The molecule has 24 bridgehead atoms. The molecule has 10 N–H and O–H groups in total. The molecule has 20 heteroatoms. The summed E-state index contributed by atoms with van der Waals surface area (Å²) in [4.78, 5) is 75.6. The molecule has 0 aliphatic heterocycles. The minimum atomic E-state index is -0.500. The normalized spacial score (nSPS) is 38.0. The largest absolute Gasteiger partial charge is 0.393 e. The Morgan fingerprint density at radius 3 is 0.893 bits per heavy atom. The first-order valence-corrected chi connectivity index (χ1v) is 54.2. The Morgan fingerprint density at radius 1 is 0.293 bits per heavy atom. The van der Waals surface area contributed by atoms with Gasteiger partial charge in [-0.3, -0.25) is 49.1 Å². The van der Waals surface area contributed by atoms with Crippen molar-refractivity contribution in [1.82, 2.24) is 29.9 Å². The molecule has 10 unspecified atom stereocenters. The van der Waals surface area contributed by atoms with E-state index in [1.807, 2.05) is 12.4 Å².